The zero-order valence-corrected chi connectivity index (χ0v) is 17.3. The Morgan fingerprint density at radius 3 is 2.70 bits per heavy atom. The van der Waals surface area contributed by atoms with Crippen LogP contribution in [0.4, 0.5) is 5.69 Å². The van der Waals surface area contributed by atoms with Gasteiger partial charge in [0.15, 0.2) is 0 Å². The molecule has 0 aliphatic carbocycles. The van der Waals surface area contributed by atoms with Crippen LogP contribution in [0.15, 0.2) is 46.9 Å². The van der Waals surface area contributed by atoms with E-state index in [2.05, 4.69) is 56.3 Å². The summed E-state index contributed by atoms with van der Waals surface area (Å²) in [6, 6.07) is 14.7. The van der Waals surface area contributed by atoms with Crippen LogP contribution in [0.1, 0.15) is 40.4 Å². The minimum Gasteiger partial charge on any atom is -0.374 e. The number of benzene rings is 2. The molecule has 0 saturated carbocycles. The first-order chi connectivity index (χ1) is 13.1. The van der Waals surface area contributed by atoms with Crippen molar-refractivity contribution in [2.75, 3.05) is 38.1 Å². The van der Waals surface area contributed by atoms with Crippen LogP contribution in [-0.4, -0.2) is 44.0 Å². The number of likely N-dealkylation sites (tertiary alicyclic amines) is 1. The fourth-order valence-corrected chi connectivity index (χ4v) is 4.70. The summed E-state index contributed by atoms with van der Waals surface area (Å²) >= 11 is 3.48. The van der Waals surface area contributed by atoms with Gasteiger partial charge in [-0.25, -0.2) is 0 Å². The predicted octanol–water partition coefficient (Wildman–Crippen LogP) is 4.01. The maximum Gasteiger partial charge on any atom is 0.252 e. The summed E-state index contributed by atoms with van der Waals surface area (Å²) in [5.74, 6) is -0.0208. The molecule has 2 aliphatic heterocycles. The summed E-state index contributed by atoms with van der Waals surface area (Å²) in [5, 5.41) is 3.17. The second-order valence-corrected chi connectivity index (χ2v) is 8.36. The van der Waals surface area contributed by atoms with Gasteiger partial charge < -0.3 is 10.2 Å². The first-order valence-electron chi connectivity index (χ1n) is 9.74. The summed E-state index contributed by atoms with van der Waals surface area (Å²) in [7, 11) is 2.15. The van der Waals surface area contributed by atoms with E-state index in [0.29, 0.717) is 12.1 Å². The first kappa shape index (κ1) is 18.5. The molecule has 27 heavy (non-hydrogen) atoms. The van der Waals surface area contributed by atoms with Crippen molar-refractivity contribution in [2.24, 2.45) is 0 Å². The highest BCUT2D eigenvalue weighted by atomic mass is 79.9. The topological polar surface area (TPSA) is 35.6 Å². The van der Waals surface area contributed by atoms with E-state index in [4.69, 9.17) is 0 Å². The summed E-state index contributed by atoms with van der Waals surface area (Å²) in [5.41, 5.74) is 4.78. The Hall–Kier alpha value is -1.85. The maximum atomic E-state index is 12.7. The second-order valence-electron chi connectivity index (χ2n) is 7.51. The van der Waals surface area contributed by atoms with Crippen molar-refractivity contribution in [1.29, 1.82) is 0 Å². The van der Waals surface area contributed by atoms with Gasteiger partial charge in [0.2, 0.25) is 0 Å². The Morgan fingerprint density at radius 2 is 1.93 bits per heavy atom. The zero-order valence-electron chi connectivity index (χ0n) is 15.7. The normalized spacial score (nSPS) is 17.8. The van der Waals surface area contributed by atoms with Gasteiger partial charge in [-0.3, -0.25) is 9.69 Å². The molecule has 1 amide bonds. The number of amides is 1. The van der Waals surface area contributed by atoms with Crippen molar-refractivity contribution in [3.63, 3.8) is 0 Å². The minimum atomic E-state index is -0.0208. The number of rotatable bonds is 5. The molecule has 1 saturated heterocycles. The number of likely N-dealkylation sites (N-methyl/N-ethyl adjacent to an activating group) is 1. The fourth-order valence-electron chi connectivity index (χ4n) is 4.23. The van der Waals surface area contributed by atoms with Crippen LogP contribution in [0.25, 0.3) is 0 Å². The molecular formula is C22H26BrN3O. The highest BCUT2D eigenvalue weighted by Gasteiger charge is 2.26. The summed E-state index contributed by atoms with van der Waals surface area (Å²) in [6.45, 7) is 3.93. The van der Waals surface area contributed by atoms with Gasteiger partial charge in [0, 0.05) is 30.3 Å². The summed E-state index contributed by atoms with van der Waals surface area (Å²) in [6.07, 6.45) is 3.58. The van der Waals surface area contributed by atoms with Crippen LogP contribution in [0, 0.1) is 0 Å². The molecule has 0 radical (unpaired) electrons. The third-order valence-electron chi connectivity index (χ3n) is 5.77. The standard InChI is InChI=1S/C22H26BrN3O/c1-25-13-10-17-14-16(8-9-20(17)25)21(26-11-4-5-12-26)15-24-22(27)18-6-2-3-7-19(18)23/h2-3,6-9,14,21H,4-5,10-13,15H2,1H3,(H,24,27). The Labute approximate surface area is 169 Å². The molecule has 2 aromatic carbocycles. The van der Waals surface area contributed by atoms with E-state index in [9.17, 15) is 4.79 Å². The highest BCUT2D eigenvalue weighted by Crippen LogP contribution is 2.32. The number of fused-ring (bicyclic) bond motifs is 1. The van der Waals surface area contributed by atoms with Crippen molar-refractivity contribution in [1.82, 2.24) is 10.2 Å². The molecule has 1 unspecified atom stereocenters. The molecule has 142 valence electrons. The third kappa shape index (κ3) is 3.90. The number of carbonyl (C=O) groups excluding carboxylic acids is 1. The van der Waals surface area contributed by atoms with Crippen molar-refractivity contribution in [3.8, 4) is 0 Å². The van der Waals surface area contributed by atoms with Gasteiger partial charge in [0.05, 0.1) is 11.6 Å². The van der Waals surface area contributed by atoms with E-state index >= 15 is 0 Å². The fraction of sp³-hybridized carbons (Fsp3) is 0.409. The molecule has 0 bridgehead atoms. The molecule has 2 heterocycles. The maximum absolute atomic E-state index is 12.7. The van der Waals surface area contributed by atoms with E-state index in [1.165, 1.54) is 29.7 Å². The van der Waals surface area contributed by atoms with Crippen LogP contribution in [0.3, 0.4) is 0 Å². The lowest BCUT2D eigenvalue weighted by Gasteiger charge is -2.29. The molecule has 2 aliphatic rings. The molecule has 4 rings (SSSR count). The largest absolute Gasteiger partial charge is 0.374 e. The monoisotopic (exact) mass is 427 g/mol. The molecule has 2 aromatic rings. The van der Waals surface area contributed by atoms with Crippen LogP contribution < -0.4 is 10.2 Å². The average molecular weight is 428 g/mol. The number of hydrogen-bond donors (Lipinski definition) is 1. The Bertz CT molecular complexity index is 832. The minimum absolute atomic E-state index is 0.0208. The molecule has 0 spiro atoms. The van der Waals surface area contributed by atoms with E-state index in [-0.39, 0.29) is 11.9 Å². The lowest BCUT2D eigenvalue weighted by atomic mass is 10.0. The lowest BCUT2D eigenvalue weighted by molar-refractivity contribution is 0.0937. The molecular weight excluding hydrogens is 402 g/mol. The van der Waals surface area contributed by atoms with Crippen molar-refractivity contribution >= 4 is 27.5 Å². The quantitative estimate of drug-likeness (QED) is 0.782. The average Bonchev–Trinajstić information content (AvgIpc) is 3.33. The number of carbonyl (C=O) groups is 1. The predicted molar refractivity (Wildman–Crippen MR) is 113 cm³/mol. The summed E-state index contributed by atoms with van der Waals surface area (Å²) < 4.78 is 0.834. The van der Waals surface area contributed by atoms with E-state index < -0.39 is 0 Å². The van der Waals surface area contributed by atoms with Gasteiger partial charge in [-0.1, -0.05) is 24.3 Å². The van der Waals surface area contributed by atoms with Gasteiger partial charge in [-0.05, 0) is 77.6 Å². The highest BCUT2D eigenvalue weighted by molar-refractivity contribution is 9.10. The van der Waals surface area contributed by atoms with E-state index in [1.54, 1.807) is 0 Å². The lowest BCUT2D eigenvalue weighted by Crippen LogP contribution is -2.37. The Balaban J connectivity index is 1.53. The first-order valence-corrected chi connectivity index (χ1v) is 10.5. The molecule has 0 aromatic heterocycles. The Morgan fingerprint density at radius 1 is 1.15 bits per heavy atom. The van der Waals surface area contributed by atoms with Crippen LogP contribution >= 0.6 is 15.9 Å². The van der Waals surface area contributed by atoms with Crippen molar-refractivity contribution in [3.05, 3.63) is 63.6 Å². The Kier molecular flexibility index (Phi) is 5.50. The van der Waals surface area contributed by atoms with Crippen LogP contribution in [0.5, 0.6) is 0 Å². The van der Waals surface area contributed by atoms with Crippen molar-refractivity contribution < 1.29 is 4.79 Å². The van der Waals surface area contributed by atoms with Gasteiger partial charge in [0.1, 0.15) is 0 Å². The van der Waals surface area contributed by atoms with Gasteiger partial charge in [-0.15, -0.1) is 0 Å². The SMILES string of the molecule is CN1CCc2cc(C(CNC(=O)c3ccccc3Br)N3CCCC3)ccc21. The number of halogens is 1. The third-order valence-corrected chi connectivity index (χ3v) is 6.46. The molecule has 1 atom stereocenters. The second kappa shape index (κ2) is 8.03. The van der Waals surface area contributed by atoms with Gasteiger partial charge in [-0.2, -0.15) is 0 Å². The molecule has 1 N–H and O–H groups in total. The van der Waals surface area contributed by atoms with Gasteiger partial charge in [0.25, 0.3) is 5.91 Å². The molecule has 1 fully saturated rings. The molecule has 4 nitrogen and oxygen atoms in total. The van der Waals surface area contributed by atoms with E-state index in [0.717, 1.165) is 30.5 Å². The smallest absolute Gasteiger partial charge is 0.252 e. The summed E-state index contributed by atoms with van der Waals surface area (Å²) in [4.78, 5) is 17.5. The number of nitrogens with zero attached hydrogens (tertiary/aromatic N) is 2. The number of nitrogens with one attached hydrogen (secondary N) is 1. The number of anilines is 1. The zero-order chi connectivity index (χ0) is 18.8. The van der Waals surface area contributed by atoms with Crippen molar-refractivity contribution in [2.45, 2.75) is 25.3 Å². The van der Waals surface area contributed by atoms with Gasteiger partial charge >= 0.3 is 0 Å². The van der Waals surface area contributed by atoms with Crippen LogP contribution in [0.2, 0.25) is 0 Å². The molecule has 5 heteroatoms. The number of hydrogen-bond acceptors (Lipinski definition) is 3. The van der Waals surface area contributed by atoms with E-state index in [1.807, 2.05) is 24.3 Å². The van der Waals surface area contributed by atoms with Crippen LogP contribution in [-0.2, 0) is 6.42 Å².